The lowest BCUT2D eigenvalue weighted by atomic mass is 9.93. The van der Waals surface area contributed by atoms with E-state index in [4.69, 9.17) is 9.72 Å². The molecular weight excluding hydrogens is 372 g/mol. The van der Waals surface area contributed by atoms with Gasteiger partial charge in [-0.05, 0) is 67.2 Å². The summed E-state index contributed by atoms with van der Waals surface area (Å²) in [5.41, 5.74) is 5.63. The molecule has 0 atom stereocenters. The molecule has 1 fully saturated rings. The van der Waals surface area contributed by atoms with E-state index in [-0.39, 0.29) is 0 Å². The number of hydrogen-bond donors (Lipinski definition) is 1. The molecule has 0 bridgehead atoms. The molecule has 30 heavy (non-hydrogen) atoms. The van der Waals surface area contributed by atoms with Gasteiger partial charge in [0.1, 0.15) is 5.75 Å². The van der Waals surface area contributed by atoms with Crippen molar-refractivity contribution in [1.29, 1.82) is 0 Å². The van der Waals surface area contributed by atoms with Crippen LogP contribution in [0.15, 0.2) is 67.1 Å². The van der Waals surface area contributed by atoms with Gasteiger partial charge in [-0.15, -0.1) is 0 Å². The summed E-state index contributed by atoms with van der Waals surface area (Å²) in [7, 11) is 1.69. The average Bonchev–Trinajstić information content (AvgIpc) is 3.28. The Balaban J connectivity index is 1.25. The Morgan fingerprint density at radius 2 is 1.97 bits per heavy atom. The van der Waals surface area contributed by atoms with Gasteiger partial charge in [0.25, 0.3) is 0 Å². The molecule has 1 aliphatic rings. The number of H-pyrrole nitrogens is 1. The molecule has 3 heterocycles. The van der Waals surface area contributed by atoms with Crippen molar-refractivity contribution in [3.8, 4) is 17.0 Å². The summed E-state index contributed by atoms with van der Waals surface area (Å²) in [4.78, 5) is 15.2. The van der Waals surface area contributed by atoms with Crippen LogP contribution in [0.2, 0.25) is 0 Å². The number of piperidine rings is 1. The van der Waals surface area contributed by atoms with Gasteiger partial charge in [0.15, 0.2) is 0 Å². The number of rotatable bonds is 5. The van der Waals surface area contributed by atoms with E-state index in [0.717, 1.165) is 55.2 Å². The molecule has 0 amide bonds. The first-order valence-corrected chi connectivity index (χ1v) is 10.5. The molecule has 0 spiro atoms. The lowest BCUT2D eigenvalue weighted by Crippen LogP contribution is -2.32. The smallest absolute Gasteiger partial charge is 0.119 e. The quantitative estimate of drug-likeness (QED) is 0.513. The molecule has 5 heteroatoms. The Hall–Kier alpha value is -3.18. The molecule has 5 nitrogen and oxygen atoms in total. The minimum Gasteiger partial charge on any atom is -0.497 e. The summed E-state index contributed by atoms with van der Waals surface area (Å²) in [6, 6.07) is 16.8. The van der Waals surface area contributed by atoms with Crippen LogP contribution in [-0.4, -0.2) is 40.1 Å². The van der Waals surface area contributed by atoms with E-state index in [1.54, 1.807) is 7.11 Å². The van der Waals surface area contributed by atoms with Crippen molar-refractivity contribution in [2.75, 3.05) is 20.2 Å². The molecule has 152 valence electrons. The average molecular weight is 399 g/mol. The number of nitrogens with zero attached hydrogens (tertiary/aromatic N) is 3. The number of likely N-dealkylation sites (tertiary alicyclic amines) is 1. The van der Waals surface area contributed by atoms with Crippen molar-refractivity contribution in [1.82, 2.24) is 19.9 Å². The van der Waals surface area contributed by atoms with Gasteiger partial charge in [0, 0.05) is 35.9 Å². The van der Waals surface area contributed by atoms with E-state index in [9.17, 15) is 0 Å². The van der Waals surface area contributed by atoms with Crippen LogP contribution in [0.4, 0.5) is 0 Å². The van der Waals surface area contributed by atoms with Gasteiger partial charge in [-0.1, -0.05) is 18.2 Å². The van der Waals surface area contributed by atoms with Crippen molar-refractivity contribution in [3.05, 3.63) is 78.4 Å². The summed E-state index contributed by atoms with van der Waals surface area (Å²) in [6.07, 6.45) is 8.00. The van der Waals surface area contributed by atoms with E-state index in [1.807, 2.05) is 36.8 Å². The van der Waals surface area contributed by atoms with E-state index < -0.39 is 0 Å². The zero-order valence-corrected chi connectivity index (χ0v) is 17.2. The maximum absolute atomic E-state index is 5.35. The Morgan fingerprint density at radius 1 is 1.07 bits per heavy atom. The molecule has 4 aromatic rings. The van der Waals surface area contributed by atoms with Gasteiger partial charge in [-0.2, -0.15) is 0 Å². The minimum absolute atomic E-state index is 0.464. The highest BCUT2D eigenvalue weighted by atomic mass is 16.5. The number of nitrogens with one attached hydrogen (secondary N) is 1. The highest BCUT2D eigenvalue weighted by Crippen LogP contribution is 2.29. The van der Waals surface area contributed by atoms with Crippen LogP contribution >= 0.6 is 0 Å². The Labute approximate surface area is 176 Å². The maximum Gasteiger partial charge on any atom is 0.119 e. The number of aromatic nitrogens is 3. The molecular formula is C25H26N4O. The second-order valence-electron chi connectivity index (χ2n) is 8.01. The second-order valence-corrected chi connectivity index (χ2v) is 8.01. The van der Waals surface area contributed by atoms with Gasteiger partial charge in [-0.25, -0.2) is 4.98 Å². The molecule has 5 rings (SSSR count). The Morgan fingerprint density at radius 3 is 2.83 bits per heavy atom. The molecule has 0 unspecified atom stereocenters. The Kier molecular flexibility index (Phi) is 5.20. The lowest BCUT2D eigenvalue weighted by Gasteiger charge is -2.31. The third kappa shape index (κ3) is 3.94. The standard InChI is InChI=1S/C25H26N4O/c1-30-22-4-2-3-20(14-22)25-16-26-15-24(28-25)19-8-11-29(12-9-19)17-18-5-6-23-21(13-18)7-10-27-23/h2-7,10,13-16,19,27H,8-9,11-12,17H2,1H3. The van der Waals surface area contributed by atoms with Crippen LogP contribution < -0.4 is 4.74 Å². The van der Waals surface area contributed by atoms with Crippen LogP contribution in [0.3, 0.4) is 0 Å². The number of hydrogen-bond acceptors (Lipinski definition) is 4. The van der Waals surface area contributed by atoms with E-state index in [0.29, 0.717) is 5.92 Å². The van der Waals surface area contributed by atoms with Gasteiger partial charge in [0.2, 0.25) is 0 Å². The number of aromatic amines is 1. The monoisotopic (exact) mass is 398 g/mol. The summed E-state index contributed by atoms with van der Waals surface area (Å²) in [5, 5.41) is 1.28. The molecule has 0 saturated carbocycles. The molecule has 0 aliphatic carbocycles. The summed E-state index contributed by atoms with van der Waals surface area (Å²) in [6.45, 7) is 3.17. The van der Waals surface area contributed by atoms with Gasteiger partial charge in [-0.3, -0.25) is 9.88 Å². The van der Waals surface area contributed by atoms with Crippen molar-refractivity contribution in [2.45, 2.75) is 25.3 Å². The predicted octanol–water partition coefficient (Wildman–Crippen LogP) is 5.01. The molecule has 1 saturated heterocycles. The van der Waals surface area contributed by atoms with E-state index in [1.165, 1.54) is 16.5 Å². The van der Waals surface area contributed by atoms with Crippen LogP contribution in [0, 0.1) is 0 Å². The molecule has 1 aliphatic heterocycles. The number of methoxy groups -OCH3 is 1. The first-order chi connectivity index (χ1) is 14.8. The fourth-order valence-corrected chi connectivity index (χ4v) is 4.35. The fourth-order valence-electron chi connectivity index (χ4n) is 4.35. The molecule has 2 aromatic carbocycles. The molecule has 2 aromatic heterocycles. The maximum atomic E-state index is 5.35. The van der Waals surface area contributed by atoms with E-state index >= 15 is 0 Å². The van der Waals surface area contributed by atoms with Crippen molar-refractivity contribution >= 4 is 10.9 Å². The topological polar surface area (TPSA) is 54.0 Å². The third-order valence-corrected chi connectivity index (χ3v) is 6.05. The van der Waals surface area contributed by atoms with Crippen LogP contribution in [0.5, 0.6) is 5.75 Å². The van der Waals surface area contributed by atoms with Crippen molar-refractivity contribution in [3.63, 3.8) is 0 Å². The van der Waals surface area contributed by atoms with Crippen LogP contribution in [0.1, 0.15) is 30.0 Å². The number of ether oxygens (including phenoxy) is 1. The van der Waals surface area contributed by atoms with Gasteiger partial charge in [0.05, 0.1) is 24.7 Å². The zero-order chi connectivity index (χ0) is 20.3. The number of fused-ring (bicyclic) bond motifs is 1. The van der Waals surface area contributed by atoms with Crippen LogP contribution in [-0.2, 0) is 6.54 Å². The third-order valence-electron chi connectivity index (χ3n) is 6.05. The van der Waals surface area contributed by atoms with Crippen molar-refractivity contribution < 1.29 is 4.74 Å². The Bertz CT molecular complexity index is 1140. The lowest BCUT2D eigenvalue weighted by molar-refractivity contribution is 0.203. The normalized spacial score (nSPS) is 15.5. The SMILES string of the molecule is COc1cccc(-c2cncc(C3CCN(Cc4ccc5[nH]ccc5c4)CC3)n2)c1. The van der Waals surface area contributed by atoms with Gasteiger partial charge >= 0.3 is 0 Å². The predicted molar refractivity (Wildman–Crippen MR) is 120 cm³/mol. The highest BCUT2D eigenvalue weighted by molar-refractivity contribution is 5.79. The van der Waals surface area contributed by atoms with E-state index in [2.05, 4.69) is 45.2 Å². The van der Waals surface area contributed by atoms with Gasteiger partial charge < -0.3 is 9.72 Å². The summed E-state index contributed by atoms with van der Waals surface area (Å²) >= 11 is 0. The van der Waals surface area contributed by atoms with Crippen LogP contribution in [0.25, 0.3) is 22.2 Å². The minimum atomic E-state index is 0.464. The first kappa shape index (κ1) is 18.8. The first-order valence-electron chi connectivity index (χ1n) is 10.5. The largest absolute Gasteiger partial charge is 0.497 e. The molecule has 0 radical (unpaired) electrons. The summed E-state index contributed by atoms with van der Waals surface area (Å²) in [5.74, 6) is 1.30. The summed E-state index contributed by atoms with van der Waals surface area (Å²) < 4.78 is 5.35. The fraction of sp³-hybridized carbons (Fsp3) is 0.280. The zero-order valence-electron chi connectivity index (χ0n) is 17.2. The highest BCUT2D eigenvalue weighted by Gasteiger charge is 2.22. The molecule has 1 N–H and O–H groups in total. The van der Waals surface area contributed by atoms with Crippen molar-refractivity contribution in [2.24, 2.45) is 0 Å². The second kappa shape index (κ2) is 8.28. The number of benzene rings is 2.